The van der Waals surface area contributed by atoms with Crippen LogP contribution in [-0.4, -0.2) is 62.6 Å². The van der Waals surface area contributed by atoms with Gasteiger partial charge in [0.1, 0.15) is 6.33 Å². The van der Waals surface area contributed by atoms with Gasteiger partial charge in [0, 0.05) is 30.9 Å². The van der Waals surface area contributed by atoms with Crippen LogP contribution in [0, 0.1) is 0 Å². The second kappa shape index (κ2) is 7.84. The van der Waals surface area contributed by atoms with Crippen molar-refractivity contribution >= 4 is 17.6 Å². The third-order valence-corrected chi connectivity index (χ3v) is 3.77. The van der Waals surface area contributed by atoms with Crippen molar-refractivity contribution in [1.82, 2.24) is 15.0 Å². The second-order valence-electron chi connectivity index (χ2n) is 5.25. The number of nitrogens with one attached hydrogen (secondary N) is 1. The number of hydrogen-bond acceptors (Lipinski definition) is 9. The van der Waals surface area contributed by atoms with Gasteiger partial charge in [-0.3, -0.25) is 0 Å². The first-order valence-electron chi connectivity index (χ1n) is 7.84. The van der Waals surface area contributed by atoms with Crippen LogP contribution in [0.15, 0.2) is 18.5 Å². The van der Waals surface area contributed by atoms with E-state index in [1.54, 1.807) is 33.5 Å². The number of aromatic nitrogens is 3. The predicted octanol–water partition coefficient (Wildman–Crippen LogP) is 1.48. The summed E-state index contributed by atoms with van der Waals surface area (Å²) in [7, 11) is 4.70. The van der Waals surface area contributed by atoms with E-state index in [0.717, 1.165) is 13.1 Å². The number of hydrogen-bond donors (Lipinski definition) is 1. The molecular weight excluding hydrogens is 326 g/mol. The molecule has 1 saturated heterocycles. The van der Waals surface area contributed by atoms with Gasteiger partial charge in [-0.1, -0.05) is 0 Å². The Hall–Kier alpha value is -2.81. The van der Waals surface area contributed by atoms with E-state index in [9.17, 15) is 0 Å². The highest BCUT2D eigenvalue weighted by atomic mass is 16.5. The number of nitrogens with zero attached hydrogens (tertiary/aromatic N) is 4. The van der Waals surface area contributed by atoms with Crippen LogP contribution in [0.3, 0.4) is 0 Å². The van der Waals surface area contributed by atoms with Gasteiger partial charge in [0.05, 0.1) is 34.5 Å². The standard InChI is InChI=1S/C16H21N5O4/c1-22-12-8-11(9-13(23-2)14(12)24-3)19-15-17-10-18-16(20-15)21-4-6-25-7-5-21/h8-10H,4-7H2,1-3H3,(H,17,18,19,20). The fourth-order valence-corrected chi connectivity index (χ4v) is 2.55. The number of anilines is 3. The number of benzene rings is 1. The molecule has 2 aromatic rings. The molecule has 1 fully saturated rings. The predicted molar refractivity (Wildman–Crippen MR) is 92.2 cm³/mol. The largest absolute Gasteiger partial charge is 0.493 e. The Morgan fingerprint density at radius 2 is 1.68 bits per heavy atom. The summed E-state index contributed by atoms with van der Waals surface area (Å²) >= 11 is 0. The molecule has 1 aliphatic rings. The summed E-state index contributed by atoms with van der Waals surface area (Å²) in [6.07, 6.45) is 1.48. The van der Waals surface area contributed by atoms with Crippen LogP contribution in [0.25, 0.3) is 0 Å². The molecule has 3 rings (SSSR count). The van der Waals surface area contributed by atoms with Crippen LogP contribution in [-0.2, 0) is 4.74 Å². The van der Waals surface area contributed by atoms with E-state index in [-0.39, 0.29) is 0 Å². The Labute approximate surface area is 145 Å². The van der Waals surface area contributed by atoms with E-state index < -0.39 is 0 Å². The van der Waals surface area contributed by atoms with Crippen LogP contribution >= 0.6 is 0 Å². The van der Waals surface area contributed by atoms with Gasteiger partial charge in [0.25, 0.3) is 0 Å². The quantitative estimate of drug-likeness (QED) is 0.834. The molecule has 1 N–H and O–H groups in total. The molecule has 9 heteroatoms. The zero-order valence-corrected chi connectivity index (χ0v) is 14.5. The molecule has 0 saturated carbocycles. The topological polar surface area (TPSA) is 90.9 Å². The Balaban J connectivity index is 1.84. The minimum absolute atomic E-state index is 0.436. The van der Waals surface area contributed by atoms with Crippen LogP contribution in [0.1, 0.15) is 0 Å². The molecule has 0 radical (unpaired) electrons. The lowest BCUT2D eigenvalue weighted by Gasteiger charge is -2.26. The van der Waals surface area contributed by atoms with Crippen molar-refractivity contribution in [3.63, 3.8) is 0 Å². The monoisotopic (exact) mass is 347 g/mol. The van der Waals surface area contributed by atoms with Crippen molar-refractivity contribution in [3.8, 4) is 17.2 Å². The van der Waals surface area contributed by atoms with Crippen molar-refractivity contribution in [1.29, 1.82) is 0 Å². The SMILES string of the molecule is COc1cc(Nc2ncnc(N3CCOCC3)n2)cc(OC)c1OC. The zero-order chi connectivity index (χ0) is 17.6. The smallest absolute Gasteiger partial charge is 0.232 e. The van der Waals surface area contributed by atoms with Gasteiger partial charge in [-0.25, -0.2) is 9.97 Å². The van der Waals surface area contributed by atoms with E-state index in [0.29, 0.717) is 48.0 Å². The minimum atomic E-state index is 0.436. The Morgan fingerprint density at radius 1 is 1.00 bits per heavy atom. The van der Waals surface area contributed by atoms with E-state index in [2.05, 4.69) is 25.2 Å². The number of ether oxygens (including phenoxy) is 4. The summed E-state index contributed by atoms with van der Waals surface area (Å²) in [6, 6.07) is 3.58. The van der Waals surface area contributed by atoms with Crippen LogP contribution in [0.4, 0.5) is 17.6 Å². The summed E-state index contributed by atoms with van der Waals surface area (Å²) in [6.45, 7) is 2.85. The van der Waals surface area contributed by atoms with Gasteiger partial charge < -0.3 is 29.2 Å². The highest BCUT2D eigenvalue weighted by Gasteiger charge is 2.16. The van der Waals surface area contributed by atoms with Crippen molar-refractivity contribution in [3.05, 3.63) is 18.5 Å². The molecule has 0 atom stereocenters. The number of methoxy groups -OCH3 is 3. The lowest BCUT2D eigenvalue weighted by atomic mass is 10.2. The summed E-state index contributed by atoms with van der Waals surface area (Å²) in [5.74, 6) is 2.68. The molecule has 1 aliphatic heterocycles. The number of rotatable bonds is 6. The maximum absolute atomic E-state index is 5.36. The molecule has 134 valence electrons. The highest BCUT2D eigenvalue weighted by molar-refractivity contribution is 5.65. The summed E-state index contributed by atoms with van der Waals surface area (Å²) in [5, 5.41) is 3.15. The summed E-state index contributed by atoms with van der Waals surface area (Å²) in [5.41, 5.74) is 0.716. The maximum Gasteiger partial charge on any atom is 0.232 e. The van der Waals surface area contributed by atoms with Crippen molar-refractivity contribution < 1.29 is 18.9 Å². The van der Waals surface area contributed by atoms with Crippen LogP contribution in [0.5, 0.6) is 17.2 Å². The molecule has 0 spiro atoms. The van der Waals surface area contributed by atoms with Crippen molar-refractivity contribution in [2.24, 2.45) is 0 Å². The molecule has 1 aromatic carbocycles. The summed E-state index contributed by atoms with van der Waals surface area (Å²) < 4.78 is 21.4. The van der Waals surface area contributed by atoms with Gasteiger partial charge in [0.2, 0.25) is 17.6 Å². The van der Waals surface area contributed by atoms with Gasteiger partial charge >= 0.3 is 0 Å². The fourth-order valence-electron chi connectivity index (χ4n) is 2.55. The van der Waals surface area contributed by atoms with E-state index in [4.69, 9.17) is 18.9 Å². The third kappa shape index (κ3) is 3.82. The van der Waals surface area contributed by atoms with Crippen molar-refractivity contribution in [2.45, 2.75) is 0 Å². The third-order valence-electron chi connectivity index (χ3n) is 3.77. The maximum atomic E-state index is 5.36. The molecular formula is C16H21N5O4. The van der Waals surface area contributed by atoms with Gasteiger partial charge in [-0.2, -0.15) is 4.98 Å². The average molecular weight is 347 g/mol. The lowest BCUT2D eigenvalue weighted by molar-refractivity contribution is 0.122. The van der Waals surface area contributed by atoms with Gasteiger partial charge in [0.15, 0.2) is 11.5 Å². The molecule has 0 unspecified atom stereocenters. The first-order valence-corrected chi connectivity index (χ1v) is 7.84. The molecule has 2 heterocycles. The van der Waals surface area contributed by atoms with Crippen molar-refractivity contribution in [2.75, 3.05) is 57.8 Å². The molecule has 0 aliphatic carbocycles. The first kappa shape index (κ1) is 17.0. The van der Waals surface area contributed by atoms with Gasteiger partial charge in [-0.05, 0) is 0 Å². The normalized spacial score (nSPS) is 14.1. The van der Waals surface area contributed by atoms with Gasteiger partial charge in [-0.15, -0.1) is 0 Å². The summed E-state index contributed by atoms with van der Waals surface area (Å²) in [4.78, 5) is 14.9. The first-order chi connectivity index (χ1) is 12.2. The fraction of sp³-hybridized carbons (Fsp3) is 0.438. The molecule has 0 bridgehead atoms. The van der Waals surface area contributed by atoms with E-state index in [1.165, 1.54) is 6.33 Å². The molecule has 1 aromatic heterocycles. The van der Waals surface area contributed by atoms with E-state index >= 15 is 0 Å². The zero-order valence-electron chi connectivity index (χ0n) is 14.5. The molecule has 25 heavy (non-hydrogen) atoms. The van der Waals surface area contributed by atoms with Crippen LogP contribution in [0.2, 0.25) is 0 Å². The number of morpholine rings is 1. The highest BCUT2D eigenvalue weighted by Crippen LogP contribution is 2.40. The minimum Gasteiger partial charge on any atom is -0.493 e. The molecule has 9 nitrogen and oxygen atoms in total. The Bertz CT molecular complexity index is 696. The Kier molecular flexibility index (Phi) is 5.34. The van der Waals surface area contributed by atoms with Crippen LogP contribution < -0.4 is 24.4 Å². The Morgan fingerprint density at radius 3 is 2.28 bits per heavy atom. The average Bonchev–Trinajstić information content (AvgIpc) is 2.68. The molecule has 0 amide bonds. The lowest BCUT2D eigenvalue weighted by Crippen LogP contribution is -2.37. The van der Waals surface area contributed by atoms with E-state index in [1.807, 2.05) is 0 Å². The second-order valence-corrected chi connectivity index (χ2v) is 5.25.